The fourth-order valence-corrected chi connectivity index (χ4v) is 4.75. The van der Waals surface area contributed by atoms with E-state index in [4.69, 9.17) is 16.3 Å². The number of hydrogen-bond donors (Lipinski definition) is 0. The summed E-state index contributed by atoms with van der Waals surface area (Å²) in [6.45, 7) is 4.42. The molecule has 0 N–H and O–H groups in total. The fourth-order valence-electron chi connectivity index (χ4n) is 2.15. The maximum absolute atomic E-state index is 12.6. The molecule has 19 heavy (non-hydrogen) atoms. The Morgan fingerprint density at radius 2 is 1.89 bits per heavy atom. The number of benzene rings is 1. The van der Waals surface area contributed by atoms with Crippen LogP contribution in [0.1, 0.15) is 13.8 Å². The minimum Gasteiger partial charge on any atom is -0.373 e. The zero-order valence-corrected chi connectivity index (χ0v) is 13.8. The molecule has 1 aliphatic rings. The van der Waals surface area contributed by atoms with Crippen LogP contribution in [0.25, 0.3) is 0 Å². The highest BCUT2D eigenvalue weighted by molar-refractivity contribution is 9.10. The van der Waals surface area contributed by atoms with Crippen molar-refractivity contribution >= 4 is 37.6 Å². The van der Waals surface area contributed by atoms with Gasteiger partial charge in [-0.3, -0.25) is 0 Å². The molecule has 1 aliphatic heterocycles. The van der Waals surface area contributed by atoms with Gasteiger partial charge in [0.25, 0.3) is 0 Å². The van der Waals surface area contributed by atoms with E-state index in [2.05, 4.69) is 15.9 Å². The van der Waals surface area contributed by atoms with Crippen LogP contribution < -0.4 is 0 Å². The molecule has 0 spiro atoms. The van der Waals surface area contributed by atoms with E-state index in [0.717, 1.165) is 4.47 Å². The van der Waals surface area contributed by atoms with E-state index < -0.39 is 10.0 Å². The van der Waals surface area contributed by atoms with Crippen molar-refractivity contribution in [3.63, 3.8) is 0 Å². The molecule has 4 nitrogen and oxygen atoms in total. The Morgan fingerprint density at radius 3 is 2.42 bits per heavy atom. The van der Waals surface area contributed by atoms with Crippen LogP contribution in [0.15, 0.2) is 27.6 Å². The molecule has 0 saturated carbocycles. The molecule has 0 aliphatic carbocycles. The molecule has 7 heteroatoms. The van der Waals surface area contributed by atoms with Crippen molar-refractivity contribution in [2.75, 3.05) is 13.1 Å². The summed E-state index contributed by atoms with van der Waals surface area (Å²) < 4.78 is 32.9. The van der Waals surface area contributed by atoms with Crippen molar-refractivity contribution in [2.45, 2.75) is 31.0 Å². The van der Waals surface area contributed by atoms with Gasteiger partial charge in [0.1, 0.15) is 4.90 Å². The number of sulfonamides is 1. The third kappa shape index (κ3) is 3.31. The predicted molar refractivity (Wildman–Crippen MR) is 77.9 cm³/mol. The van der Waals surface area contributed by atoms with Crippen LogP contribution in [-0.4, -0.2) is 38.0 Å². The van der Waals surface area contributed by atoms with E-state index in [1.807, 2.05) is 13.8 Å². The Hall–Kier alpha value is -0.140. The van der Waals surface area contributed by atoms with E-state index in [-0.39, 0.29) is 22.1 Å². The van der Waals surface area contributed by atoms with E-state index >= 15 is 0 Å². The molecule has 1 fully saturated rings. The Kier molecular flexibility index (Phi) is 4.57. The lowest BCUT2D eigenvalue weighted by Crippen LogP contribution is -2.48. The van der Waals surface area contributed by atoms with Gasteiger partial charge in [-0.15, -0.1) is 0 Å². The van der Waals surface area contributed by atoms with Gasteiger partial charge in [0, 0.05) is 17.6 Å². The molecule has 1 heterocycles. The molecule has 2 atom stereocenters. The smallest absolute Gasteiger partial charge is 0.244 e. The quantitative estimate of drug-likeness (QED) is 0.806. The summed E-state index contributed by atoms with van der Waals surface area (Å²) >= 11 is 9.30. The minimum atomic E-state index is -3.57. The standard InChI is InChI=1S/C12H15BrClNO3S/c1-8-6-15(7-9(2)18-8)19(16,17)12-4-3-10(13)5-11(12)14/h3-5,8-9H,6-7H2,1-2H3/t8-,9-/m0/s1. The second kappa shape index (κ2) is 5.69. The highest BCUT2D eigenvalue weighted by atomic mass is 79.9. The molecule has 0 radical (unpaired) electrons. The zero-order chi connectivity index (χ0) is 14.2. The van der Waals surface area contributed by atoms with Crippen molar-refractivity contribution < 1.29 is 13.2 Å². The molecule has 0 unspecified atom stereocenters. The lowest BCUT2D eigenvalue weighted by molar-refractivity contribution is -0.0440. The second-order valence-corrected chi connectivity index (χ2v) is 7.88. The van der Waals surface area contributed by atoms with Gasteiger partial charge in [-0.2, -0.15) is 4.31 Å². The average Bonchev–Trinajstić information content (AvgIpc) is 2.26. The van der Waals surface area contributed by atoms with Crippen molar-refractivity contribution in [3.05, 3.63) is 27.7 Å². The van der Waals surface area contributed by atoms with Gasteiger partial charge < -0.3 is 4.74 Å². The van der Waals surface area contributed by atoms with Crippen LogP contribution in [0.4, 0.5) is 0 Å². The molecular weight excluding hydrogens is 354 g/mol. The first-order chi connectivity index (χ1) is 8.80. The van der Waals surface area contributed by atoms with Gasteiger partial charge in [-0.05, 0) is 32.0 Å². The summed E-state index contributed by atoms with van der Waals surface area (Å²) in [4.78, 5) is 0.138. The fraction of sp³-hybridized carbons (Fsp3) is 0.500. The zero-order valence-electron chi connectivity index (χ0n) is 10.6. The maximum atomic E-state index is 12.6. The molecule has 1 aromatic rings. The van der Waals surface area contributed by atoms with E-state index in [0.29, 0.717) is 13.1 Å². The number of morpholine rings is 1. The molecule has 0 aromatic heterocycles. The molecule has 2 rings (SSSR count). The topological polar surface area (TPSA) is 46.6 Å². The van der Waals surface area contributed by atoms with Gasteiger partial charge in [-0.1, -0.05) is 27.5 Å². The molecule has 0 amide bonds. The molecule has 1 aromatic carbocycles. The summed E-state index contributed by atoms with van der Waals surface area (Å²) in [6.07, 6.45) is -0.236. The lowest BCUT2D eigenvalue weighted by atomic mass is 10.3. The van der Waals surface area contributed by atoms with Gasteiger partial charge in [-0.25, -0.2) is 8.42 Å². The minimum absolute atomic E-state index is 0.118. The summed E-state index contributed by atoms with van der Waals surface area (Å²) in [6, 6.07) is 4.78. The summed E-state index contributed by atoms with van der Waals surface area (Å²) in [5.41, 5.74) is 0. The van der Waals surface area contributed by atoms with Crippen molar-refractivity contribution in [1.82, 2.24) is 4.31 Å². The van der Waals surface area contributed by atoms with Gasteiger partial charge in [0.05, 0.1) is 17.2 Å². The van der Waals surface area contributed by atoms with Crippen LogP contribution in [0.3, 0.4) is 0 Å². The van der Waals surface area contributed by atoms with E-state index in [1.54, 1.807) is 12.1 Å². The second-order valence-electron chi connectivity index (χ2n) is 4.65. The first-order valence-electron chi connectivity index (χ1n) is 5.91. The van der Waals surface area contributed by atoms with Gasteiger partial charge in [0.2, 0.25) is 10.0 Å². The van der Waals surface area contributed by atoms with Crippen molar-refractivity contribution in [2.24, 2.45) is 0 Å². The molecule has 0 bridgehead atoms. The summed E-state index contributed by atoms with van der Waals surface area (Å²) in [7, 11) is -3.57. The van der Waals surface area contributed by atoms with Crippen LogP contribution in [0.5, 0.6) is 0 Å². The molecular formula is C12H15BrClNO3S. The van der Waals surface area contributed by atoms with Crippen molar-refractivity contribution in [1.29, 1.82) is 0 Å². The third-order valence-electron chi connectivity index (χ3n) is 2.90. The lowest BCUT2D eigenvalue weighted by Gasteiger charge is -2.34. The number of ether oxygens (including phenoxy) is 1. The highest BCUT2D eigenvalue weighted by Crippen LogP contribution is 2.29. The first kappa shape index (κ1) is 15.3. The average molecular weight is 369 g/mol. The van der Waals surface area contributed by atoms with E-state index in [9.17, 15) is 8.42 Å². The number of halogens is 2. The Balaban J connectivity index is 2.36. The summed E-state index contributed by atoms with van der Waals surface area (Å²) in [5, 5.41) is 0.223. The first-order valence-corrected chi connectivity index (χ1v) is 8.52. The highest BCUT2D eigenvalue weighted by Gasteiger charge is 2.33. The Labute approximate surface area is 126 Å². The summed E-state index contributed by atoms with van der Waals surface area (Å²) in [5.74, 6) is 0. The Bertz CT molecular complexity index is 568. The van der Waals surface area contributed by atoms with Crippen LogP contribution in [0, 0.1) is 0 Å². The number of nitrogens with zero attached hydrogens (tertiary/aromatic N) is 1. The van der Waals surface area contributed by atoms with Gasteiger partial charge in [0.15, 0.2) is 0 Å². The monoisotopic (exact) mass is 367 g/mol. The van der Waals surface area contributed by atoms with Crippen LogP contribution in [-0.2, 0) is 14.8 Å². The van der Waals surface area contributed by atoms with Crippen molar-refractivity contribution in [3.8, 4) is 0 Å². The van der Waals surface area contributed by atoms with Crippen LogP contribution >= 0.6 is 27.5 Å². The van der Waals surface area contributed by atoms with Crippen LogP contribution in [0.2, 0.25) is 5.02 Å². The number of hydrogen-bond acceptors (Lipinski definition) is 3. The van der Waals surface area contributed by atoms with E-state index in [1.165, 1.54) is 10.4 Å². The molecule has 1 saturated heterocycles. The largest absolute Gasteiger partial charge is 0.373 e. The predicted octanol–water partition coefficient (Wildman–Crippen LogP) is 2.90. The number of rotatable bonds is 2. The van der Waals surface area contributed by atoms with Gasteiger partial charge >= 0.3 is 0 Å². The maximum Gasteiger partial charge on any atom is 0.244 e. The normalized spacial score (nSPS) is 25.5. The third-order valence-corrected chi connectivity index (χ3v) is 5.71. The SMILES string of the molecule is C[C@H]1CN(S(=O)(=O)c2ccc(Br)cc2Cl)C[C@H](C)O1. The molecule has 106 valence electrons. The Morgan fingerprint density at radius 1 is 1.32 bits per heavy atom.